The van der Waals surface area contributed by atoms with Crippen LogP contribution in [0.25, 0.3) is 0 Å². The second-order valence-electron chi connectivity index (χ2n) is 5.39. The summed E-state index contributed by atoms with van der Waals surface area (Å²) in [5.41, 5.74) is 1.74. The molecule has 0 bridgehead atoms. The van der Waals surface area contributed by atoms with Crippen LogP contribution in [0.4, 0.5) is 0 Å². The standard InChI is InChI=1S/C17H24N6O2/c1-4-19-17(21-11-15-22-12(2)23-25-15)20-9-8-13-6-5-7-14(10-13)16(24)18-3/h5-7,10H,4,8-9,11H2,1-3H3,(H,18,24)(H2,19,20,21). The second-order valence-corrected chi connectivity index (χ2v) is 5.39. The van der Waals surface area contributed by atoms with Crippen LogP contribution in [0.2, 0.25) is 0 Å². The van der Waals surface area contributed by atoms with E-state index < -0.39 is 0 Å². The molecule has 0 aliphatic rings. The highest BCUT2D eigenvalue weighted by atomic mass is 16.5. The van der Waals surface area contributed by atoms with Crippen molar-refractivity contribution < 1.29 is 9.32 Å². The maximum Gasteiger partial charge on any atom is 0.251 e. The first-order valence-corrected chi connectivity index (χ1v) is 8.24. The maximum absolute atomic E-state index is 11.7. The van der Waals surface area contributed by atoms with Gasteiger partial charge in [-0.1, -0.05) is 17.3 Å². The van der Waals surface area contributed by atoms with Gasteiger partial charge in [0.1, 0.15) is 6.54 Å². The van der Waals surface area contributed by atoms with Crippen LogP contribution >= 0.6 is 0 Å². The molecule has 0 radical (unpaired) electrons. The van der Waals surface area contributed by atoms with Gasteiger partial charge < -0.3 is 20.5 Å². The van der Waals surface area contributed by atoms with Gasteiger partial charge in [-0.3, -0.25) is 4.79 Å². The molecule has 8 heteroatoms. The number of nitrogens with one attached hydrogen (secondary N) is 3. The lowest BCUT2D eigenvalue weighted by Crippen LogP contribution is -2.38. The number of aliphatic imine (C=N–C) groups is 1. The Morgan fingerprint density at radius 1 is 1.32 bits per heavy atom. The van der Waals surface area contributed by atoms with Gasteiger partial charge in [-0.15, -0.1) is 0 Å². The third-order valence-corrected chi connectivity index (χ3v) is 3.41. The monoisotopic (exact) mass is 344 g/mol. The molecule has 0 unspecified atom stereocenters. The summed E-state index contributed by atoms with van der Waals surface area (Å²) < 4.78 is 5.05. The number of benzene rings is 1. The average Bonchev–Trinajstić information content (AvgIpc) is 3.04. The number of hydrogen-bond donors (Lipinski definition) is 3. The molecule has 1 heterocycles. The van der Waals surface area contributed by atoms with E-state index in [1.54, 1.807) is 20.0 Å². The number of rotatable bonds is 7. The van der Waals surface area contributed by atoms with Crippen molar-refractivity contribution in [1.82, 2.24) is 26.1 Å². The van der Waals surface area contributed by atoms with Gasteiger partial charge in [-0.2, -0.15) is 4.98 Å². The van der Waals surface area contributed by atoms with Crippen molar-refractivity contribution in [1.29, 1.82) is 0 Å². The van der Waals surface area contributed by atoms with Gasteiger partial charge in [-0.05, 0) is 38.0 Å². The lowest BCUT2D eigenvalue weighted by Gasteiger charge is -2.11. The minimum atomic E-state index is -0.0837. The molecule has 1 amide bonds. The highest BCUT2D eigenvalue weighted by molar-refractivity contribution is 5.94. The quantitative estimate of drug-likeness (QED) is 0.512. The van der Waals surface area contributed by atoms with Crippen molar-refractivity contribution in [3.05, 3.63) is 47.1 Å². The summed E-state index contributed by atoms with van der Waals surface area (Å²) in [7, 11) is 1.63. The number of carbonyl (C=O) groups excluding carboxylic acids is 1. The molecular weight excluding hydrogens is 320 g/mol. The van der Waals surface area contributed by atoms with E-state index in [9.17, 15) is 4.79 Å². The second kappa shape index (κ2) is 9.41. The molecule has 1 aromatic carbocycles. The number of guanidine groups is 1. The predicted octanol–water partition coefficient (Wildman–Crippen LogP) is 1.04. The van der Waals surface area contributed by atoms with Crippen LogP contribution in [0.3, 0.4) is 0 Å². The minimum Gasteiger partial charge on any atom is -0.357 e. The van der Waals surface area contributed by atoms with E-state index in [4.69, 9.17) is 4.52 Å². The van der Waals surface area contributed by atoms with Gasteiger partial charge in [0.05, 0.1) is 0 Å². The molecule has 3 N–H and O–H groups in total. The van der Waals surface area contributed by atoms with Crippen molar-refractivity contribution in [2.45, 2.75) is 26.8 Å². The fraction of sp³-hybridized carbons (Fsp3) is 0.412. The number of hydrogen-bond acceptors (Lipinski definition) is 5. The van der Waals surface area contributed by atoms with Crippen molar-refractivity contribution in [2.24, 2.45) is 4.99 Å². The van der Waals surface area contributed by atoms with Gasteiger partial charge in [-0.25, -0.2) is 4.99 Å². The summed E-state index contributed by atoms with van der Waals surface area (Å²) in [6.45, 7) is 5.53. The summed E-state index contributed by atoms with van der Waals surface area (Å²) in [5, 5.41) is 12.8. The van der Waals surface area contributed by atoms with Gasteiger partial charge in [0.15, 0.2) is 11.8 Å². The van der Waals surface area contributed by atoms with Crippen LogP contribution in [-0.4, -0.2) is 42.1 Å². The van der Waals surface area contributed by atoms with Crippen LogP contribution in [0.5, 0.6) is 0 Å². The zero-order valence-corrected chi connectivity index (χ0v) is 14.8. The lowest BCUT2D eigenvalue weighted by molar-refractivity contribution is 0.0963. The lowest BCUT2D eigenvalue weighted by atomic mass is 10.1. The van der Waals surface area contributed by atoms with E-state index in [0.717, 1.165) is 18.5 Å². The Labute approximate surface area is 147 Å². The highest BCUT2D eigenvalue weighted by Gasteiger charge is 2.05. The van der Waals surface area contributed by atoms with E-state index in [-0.39, 0.29) is 5.91 Å². The number of carbonyl (C=O) groups is 1. The molecule has 0 fully saturated rings. The minimum absolute atomic E-state index is 0.0837. The normalized spacial score (nSPS) is 11.2. The molecule has 0 spiro atoms. The number of nitrogens with zero attached hydrogens (tertiary/aromatic N) is 3. The van der Waals surface area contributed by atoms with Crippen molar-refractivity contribution >= 4 is 11.9 Å². The molecule has 0 saturated carbocycles. The van der Waals surface area contributed by atoms with Crippen LogP contribution in [0.15, 0.2) is 33.8 Å². The number of aromatic nitrogens is 2. The maximum atomic E-state index is 11.7. The Morgan fingerprint density at radius 3 is 2.84 bits per heavy atom. The summed E-state index contributed by atoms with van der Waals surface area (Å²) in [4.78, 5) is 20.2. The van der Waals surface area contributed by atoms with E-state index >= 15 is 0 Å². The topological polar surface area (TPSA) is 104 Å². The SMILES string of the molecule is CCNC(=NCc1nc(C)no1)NCCc1cccc(C(=O)NC)c1. The fourth-order valence-corrected chi connectivity index (χ4v) is 2.23. The molecule has 1 aromatic heterocycles. The molecule has 25 heavy (non-hydrogen) atoms. The van der Waals surface area contributed by atoms with Gasteiger partial charge >= 0.3 is 0 Å². The van der Waals surface area contributed by atoms with Crippen LogP contribution in [-0.2, 0) is 13.0 Å². The average molecular weight is 344 g/mol. The zero-order chi connectivity index (χ0) is 18.1. The van der Waals surface area contributed by atoms with E-state index in [1.807, 2.05) is 25.1 Å². The van der Waals surface area contributed by atoms with Crippen molar-refractivity contribution in [2.75, 3.05) is 20.1 Å². The molecule has 0 atom stereocenters. The van der Waals surface area contributed by atoms with Crippen LogP contribution in [0, 0.1) is 6.92 Å². The Bertz CT molecular complexity index is 725. The third kappa shape index (κ3) is 5.91. The largest absolute Gasteiger partial charge is 0.357 e. The Hall–Kier alpha value is -2.90. The summed E-state index contributed by atoms with van der Waals surface area (Å²) >= 11 is 0. The summed E-state index contributed by atoms with van der Waals surface area (Å²) in [6.07, 6.45) is 0.773. The predicted molar refractivity (Wildman–Crippen MR) is 95.4 cm³/mol. The first-order valence-electron chi connectivity index (χ1n) is 8.24. The fourth-order valence-electron chi connectivity index (χ4n) is 2.23. The Kier molecular flexibility index (Phi) is 6.94. The molecule has 2 rings (SSSR count). The molecule has 134 valence electrons. The van der Waals surface area contributed by atoms with E-state index in [1.165, 1.54) is 0 Å². The Balaban J connectivity index is 1.89. The van der Waals surface area contributed by atoms with Crippen LogP contribution in [0.1, 0.15) is 34.6 Å². The highest BCUT2D eigenvalue weighted by Crippen LogP contribution is 2.05. The van der Waals surface area contributed by atoms with Gasteiger partial charge in [0, 0.05) is 25.7 Å². The number of aryl methyl sites for hydroxylation is 1. The van der Waals surface area contributed by atoms with Crippen molar-refractivity contribution in [3.8, 4) is 0 Å². The number of amides is 1. The first-order chi connectivity index (χ1) is 12.1. The molecule has 0 aliphatic heterocycles. The smallest absolute Gasteiger partial charge is 0.251 e. The molecular formula is C17H24N6O2. The molecule has 0 aliphatic carbocycles. The molecule has 8 nitrogen and oxygen atoms in total. The summed E-state index contributed by atoms with van der Waals surface area (Å²) in [6, 6.07) is 7.58. The Morgan fingerprint density at radius 2 is 2.16 bits per heavy atom. The van der Waals surface area contributed by atoms with E-state index in [0.29, 0.717) is 36.3 Å². The van der Waals surface area contributed by atoms with E-state index in [2.05, 4.69) is 31.1 Å². The third-order valence-electron chi connectivity index (χ3n) is 3.41. The van der Waals surface area contributed by atoms with Gasteiger partial charge in [0.25, 0.3) is 5.91 Å². The van der Waals surface area contributed by atoms with Crippen molar-refractivity contribution in [3.63, 3.8) is 0 Å². The first kappa shape index (κ1) is 18.4. The summed E-state index contributed by atoms with van der Waals surface area (Å²) in [5.74, 6) is 1.67. The molecule has 2 aromatic rings. The molecule has 0 saturated heterocycles. The van der Waals surface area contributed by atoms with Crippen LogP contribution < -0.4 is 16.0 Å². The zero-order valence-electron chi connectivity index (χ0n) is 14.8. The van der Waals surface area contributed by atoms with Gasteiger partial charge in [0.2, 0.25) is 5.89 Å².